The molecule has 2 heterocycles. The van der Waals surface area contributed by atoms with E-state index in [9.17, 15) is 13.9 Å². The first-order chi connectivity index (χ1) is 9.07. The van der Waals surface area contributed by atoms with E-state index in [1.54, 1.807) is 12.1 Å². The van der Waals surface area contributed by atoms with Gasteiger partial charge in [0, 0.05) is 17.6 Å². The molecular weight excluding hydrogens is 252 g/mol. The zero-order valence-corrected chi connectivity index (χ0v) is 10.5. The van der Waals surface area contributed by atoms with Crippen molar-refractivity contribution in [3.63, 3.8) is 0 Å². The van der Waals surface area contributed by atoms with Crippen molar-refractivity contribution in [2.24, 2.45) is 0 Å². The van der Waals surface area contributed by atoms with Crippen molar-refractivity contribution in [3.8, 4) is 0 Å². The summed E-state index contributed by atoms with van der Waals surface area (Å²) < 4.78 is 30.9. The minimum Gasteiger partial charge on any atom is -0.385 e. The molecule has 3 nitrogen and oxygen atoms in total. The van der Waals surface area contributed by atoms with Crippen LogP contribution in [0.5, 0.6) is 0 Å². The number of hydrogen-bond donors (Lipinski definition) is 2. The summed E-state index contributed by atoms with van der Waals surface area (Å²) in [6, 6.07) is 6.31. The first kappa shape index (κ1) is 13.0. The molecule has 5 heteroatoms. The monoisotopic (exact) mass is 269 g/mol. The van der Waals surface area contributed by atoms with Crippen molar-refractivity contribution >= 4 is 0 Å². The highest BCUT2D eigenvalue weighted by atomic mass is 19.3. The maximum atomic E-state index is 12.8. The number of halogens is 2. The largest absolute Gasteiger partial charge is 0.385 e. The molecule has 2 aliphatic rings. The quantitative estimate of drug-likeness (QED) is 0.862. The van der Waals surface area contributed by atoms with Gasteiger partial charge in [-0.3, -0.25) is 0 Å². The third kappa shape index (κ3) is 2.50. The molecule has 104 valence electrons. The number of aliphatic hydroxyl groups is 1. The lowest BCUT2D eigenvalue weighted by Crippen LogP contribution is -2.58. The number of ether oxygens (including phenoxy) is 1. The molecule has 1 aromatic rings. The van der Waals surface area contributed by atoms with Crippen LogP contribution in [0.4, 0.5) is 8.78 Å². The minimum absolute atomic E-state index is 0.0362. The van der Waals surface area contributed by atoms with E-state index in [0.29, 0.717) is 31.6 Å². The third-order valence-corrected chi connectivity index (χ3v) is 3.95. The molecule has 2 atom stereocenters. The van der Waals surface area contributed by atoms with Gasteiger partial charge in [0.15, 0.2) is 0 Å². The lowest BCUT2D eigenvalue weighted by Gasteiger charge is -2.45. The second kappa shape index (κ2) is 4.81. The van der Waals surface area contributed by atoms with E-state index < -0.39 is 12.0 Å². The smallest absolute Gasteiger partial charge is 0.263 e. The molecule has 0 aliphatic carbocycles. The molecule has 2 bridgehead atoms. The highest BCUT2D eigenvalue weighted by Crippen LogP contribution is 2.37. The van der Waals surface area contributed by atoms with Crippen molar-refractivity contribution in [1.29, 1.82) is 0 Å². The Hall–Kier alpha value is -1.04. The molecule has 0 spiro atoms. The molecule has 3 rings (SSSR count). The Labute approximate surface area is 110 Å². The fourth-order valence-electron chi connectivity index (χ4n) is 3.12. The van der Waals surface area contributed by atoms with Crippen molar-refractivity contribution in [3.05, 3.63) is 35.4 Å². The van der Waals surface area contributed by atoms with Crippen molar-refractivity contribution in [2.75, 3.05) is 13.2 Å². The second-order valence-corrected chi connectivity index (χ2v) is 5.46. The fraction of sp³-hybridized carbons (Fsp3) is 0.571. The normalized spacial score (nSPS) is 34.5. The summed E-state index contributed by atoms with van der Waals surface area (Å²) in [5, 5.41) is 14.2. The van der Waals surface area contributed by atoms with E-state index in [1.807, 2.05) is 0 Å². The first-order valence-electron chi connectivity index (χ1n) is 6.51. The molecule has 0 aromatic heterocycles. The van der Waals surface area contributed by atoms with Crippen molar-refractivity contribution in [2.45, 2.75) is 37.0 Å². The standard InChI is InChI=1S/C14H17F2NO2/c15-13(16)9-2-1-3-10(4-9)14(18)5-11-7-19-8-12(6-14)17-11/h1-4,11-13,17-18H,5-8H2. The predicted molar refractivity (Wildman–Crippen MR) is 66.1 cm³/mol. The van der Waals surface area contributed by atoms with Crippen molar-refractivity contribution < 1.29 is 18.6 Å². The molecule has 0 radical (unpaired) electrons. The number of nitrogens with one attached hydrogen (secondary N) is 1. The first-order valence-corrected chi connectivity index (χ1v) is 6.51. The van der Waals surface area contributed by atoms with Gasteiger partial charge in [0.2, 0.25) is 0 Å². The van der Waals surface area contributed by atoms with Gasteiger partial charge < -0.3 is 15.2 Å². The summed E-state index contributed by atoms with van der Waals surface area (Å²) >= 11 is 0. The van der Waals surface area contributed by atoms with Gasteiger partial charge in [-0.1, -0.05) is 18.2 Å². The van der Waals surface area contributed by atoms with Gasteiger partial charge in [-0.15, -0.1) is 0 Å². The summed E-state index contributed by atoms with van der Waals surface area (Å²) in [6.07, 6.45) is -1.51. The fourth-order valence-corrected chi connectivity index (χ4v) is 3.12. The Bertz CT molecular complexity index is 455. The van der Waals surface area contributed by atoms with Crippen LogP contribution in [0.3, 0.4) is 0 Å². The van der Waals surface area contributed by atoms with E-state index in [-0.39, 0.29) is 17.6 Å². The Balaban J connectivity index is 1.89. The van der Waals surface area contributed by atoms with Crippen molar-refractivity contribution in [1.82, 2.24) is 5.32 Å². The summed E-state index contributed by atoms with van der Waals surface area (Å²) in [5.74, 6) is 0. The molecular formula is C14H17F2NO2. The average molecular weight is 269 g/mol. The maximum absolute atomic E-state index is 12.8. The minimum atomic E-state index is -2.51. The number of benzene rings is 1. The van der Waals surface area contributed by atoms with Gasteiger partial charge in [0.25, 0.3) is 6.43 Å². The van der Waals surface area contributed by atoms with E-state index in [1.165, 1.54) is 12.1 Å². The Kier molecular flexibility index (Phi) is 3.28. The molecule has 2 aliphatic heterocycles. The molecule has 2 unspecified atom stereocenters. The summed E-state index contributed by atoms with van der Waals surface area (Å²) in [7, 11) is 0. The zero-order valence-electron chi connectivity index (χ0n) is 10.5. The lowest BCUT2D eigenvalue weighted by atomic mass is 9.78. The Morgan fingerprint density at radius 2 is 1.95 bits per heavy atom. The van der Waals surface area contributed by atoms with Gasteiger partial charge in [-0.25, -0.2) is 8.78 Å². The van der Waals surface area contributed by atoms with Gasteiger partial charge in [-0.2, -0.15) is 0 Å². The van der Waals surface area contributed by atoms with Gasteiger partial charge in [-0.05, 0) is 24.5 Å². The highest BCUT2D eigenvalue weighted by molar-refractivity contribution is 5.30. The Morgan fingerprint density at radius 3 is 2.58 bits per heavy atom. The number of morpholine rings is 1. The summed E-state index contributed by atoms with van der Waals surface area (Å²) in [6.45, 7) is 1.13. The van der Waals surface area contributed by atoms with E-state index in [2.05, 4.69) is 5.32 Å². The lowest BCUT2D eigenvalue weighted by molar-refractivity contribution is -0.0803. The SMILES string of the molecule is OC1(c2cccc(C(F)F)c2)CC2COCC(C1)N2. The van der Waals surface area contributed by atoms with Gasteiger partial charge in [0.05, 0.1) is 18.8 Å². The molecule has 1 aromatic carbocycles. The maximum Gasteiger partial charge on any atom is 0.263 e. The third-order valence-electron chi connectivity index (χ3n) is 3.95. The molecule has 0 amide bonds. The van der Waals surface area contributed by atoms with E-state index >= 15 is 0 Å². The van der Waals surface area contributed by atoms with Crippen LogP contribution < -0.4 is 5.32 Å². The summed E-state index contributed by atoms with van der Waals surface area (Å²) in [4.78, 5) is 0. The zero-order chi connectivity index (χ0) is 13.5. The molecule has 2 fully saturated rings. The average Bonchev–Trinajstić information content (AvgIpc) is 2.38. The number of piperidine rings is 1. The molecule has 2 N–H and O–H groups in total. The number of rotatable bonds is 2. The number of alkyl halides is 2. The van der Waals surface area contributed by atoms with Crippen LogP contribution in [0.15, 0.2) is 24.3 Å². The topological polar surface area (TPSA) is 41.5 Å². The number of fused-ring (bicyclic) bond motifs is 2. The van der Waals surface area contributed by atoms with E-state index in [4.69, 9.17) is 4.74 Å². The van der Waals surface area contributed by atoms with Crippen LogP contribution in [0, 0.1) is 0 Å². The van der Waals surface area contributed by atoms with E-state index in [0.717, 1.165) is 0 Å². The molecule has 19 heavy (non-hydrogen) atoms. The van der Waals surface area contributed by atoms with Crippen LogP contribution in [-0.4, -0.2) is 30.4 Å². The summed E-state index contributed by atoms with van der Waals surface area (Å²) in [5.41, 5.74) is -0.482. The van der Waals surface area contributed by atoms with Crippen LogP contribution >= 0.6 is 0 Å². The van der Waals surface area contributed by atoms with Crippen LogP contribution in [-0.2, 0) is 10.3 Å². The van der Waals surface area contributed by atoms with Gasteiger partial charge in [0.1, 0.15) is 0 Å². The second-order valence-electron chi connectivity index (χ2n) is 5.46. The number of hydrogen-bond acceptors (Lipinski definition) is 3. The van der Waals surface area contributed by atoms with Crippen LogP contribution in [0.1, 0.15) is 30.4 Å². The van der Waals surface area contributed by atoms with Crippen LogP contribution in [0.25, 0.3) is 0 Å². The Morgan fingerprint density at radius 1 is 1.26 bits per heavy atom. The molecule has 2 saturated heterocycles. The highest BCUT2D eigenvalue weighted by Gasteiger charge is 2.42. The predicted octanol–water partition coefficient (Wildman–Crippen LogP) is 1.96. The molecule has 0 saturated carbocycles. The van der Waals surface area contributed by atoms with Crippen LogP contribution in [0.2, 0.25) is 0 Å². The van der Waals surface area contributed by atoms with Gasteiger partial charge >= 0.3 is 0 Å².